The van der Waals surface area contributed by atoms with Gasteiger partial charge in [-0.1, -0.05) is 6.07 Å². The van der Waals surface area contributed by atoms with Crippen LogP contribution in [-0.4, -0.2) is 20.4 Å². The molecule has 0 heterocycles. The predicted molar refractivity (Wildman–Crippen MR) is 95.8 cm³/mol. The Morgan fingerprint density at radius 3 is 2.00 bits per heavy atom. The molecule has 0 bridgehead atoms. The molecule has 0 aliphatic carbocycles. The number of anilines is 1. The fourth-order valence-corrected chi connectivity index (χ4v) is 3.66. The van der Waals surface area contributed by atoms with Crippen LogP contribution < -0.4 is 10.0 Å². The molecule has 2 rings (SSSR count). The summed E-state index contributed by atoms with van der Waals surface area (Å²) in [6, 6.07) is 11.5. The summed E-state index contributed by atoms with van der Waals surface area (Å²) in [4.78, 5) is 12.4. The molecule has 0 saturated heterocycles. The summed E-state index contributed by atoms with van der Waals surface area (Å²) in [6.45, 7) is 7.43. The van der Waals surface area contributed by atoms with Crippen molar-refractivity contribution in [2.24, 2.45) is 0 Å². The summed E-state index contributed by atoms with van der Waals surface area (Å²) in [5.41, 5.74) is 3.24. The lowest BCUT2D eigenvalue weighted by Crippen LogP contribution is -2.30. The van der Waals surface area contributed by atoms with Crippen LogP contribution in [-0.2, 0) is 10.0 Å². The molecule has 0 aliphatic heterocycles. The highest BCUT2D eigenvalue weighted by atomic mass is 32.2. The molecule has 0 aromatic heterocycles. The fraction of sp³-hybridized carbons (Fsp3) is 0.278. The second-order valence-corrected chi connectivity index (χ2v) is 7.84. The topological polar surface area (TPSA) is 75.3 Å². The normalized spacial score (nSPS) is 11.5. The van der Waals surface area contributed by atoms with Crippen molar-refractivity contribution < 1.29 is 13.2 Å². The second kappa shape index (κ2) is 7.15. The Morgan fingerprint density at radius 1 is 0.958 bits per heavy atom. The molecule has 0 saturated carbocycles. The van der Waals surface area contributed by atoms with Gasteiger partial charge in [0.25, 0.3) is 5.91 Å². The van der Waals surface area contributed by atoms with Crippen LogP contribution in [0.2, 0.25) is 0 Å². The van der Waals surface area contributed by atoms with Crippen LogP contribution in [0, 0.1) is 13.8 Å². The van der Waals surface area contributed by atoms with Crippen molar-refractivity contribution >= 4 is 21.6 Å². The van der Waals surface area contributed by atoms with Gasteiger partial charge in [0, 0.05) is 17.3 Å². The molecular formula is C18H22N2O3S. The number of carbonyl (C=O) groups is 1. The summed E-state index contributed by atoms with van der Waals surface area (Å²) in [5.74, 6) is -0.277. The molecule has 6 heteroatoms. The fourth-order valence-electron chi connectivity index (χ4n) is 2.41. The number of carbonyl (C=O) groups excluding carboxylic acids is 1. The van der Waals surface area contributed by atoms with E-state index >= 15 is 0 Å². The first-order valence-electron chi connectivity index (χ1n) is 7.69. The van der Waals surface area contributed by atoms with Crippen molar-refractivity contribution in [1.29, 1.82) is 0 Å². The molecule has 5 nitrogen and oxygen atoms in total. The van der Waals surface area contributed by atoms with Crippen LogP contribution in [0.4, 0.5) is 5.69 Å². The first-order valence-corrected chi connectivity index (χ1v) is 9.18. The maximum Gasteiger partial charge on any atom is 0.255 e. The van der Waals surface area contributed by atoms with Gasteiger partial charge in [-0.05, 0) is 75.2 Å². The monoisotopic (exact) mass is 346 g/mol. The first kappa shape index (κ1) is 18.2. The van der Waals surface area contributed by atoms with Crippen LogP contribution in [0.5, 0.6) is 0 Å². The first-order chi connectivity index (χ1) is 11.2. The summed E-state index contributed by atoms with van der Waals surface area (Å²) >= 11 is 0. The third-order valence-electron chi connectivity index (χ3n) is 3.30. The summed E-state index contributed by atoms with van der Waals surface area (Å²) < 4.78 is 26.7. The number of amides is 1. The minimum Gasteiger partial charge on any atom is -0.322 e. The van der Waals surface area contributed by atoms with Crippen LogP contribution in [0.1, 0.15) is 35.3 Å². The lowest BCUT2D eigenvalue weighted by molar-refractivity contribution is 0.102. The van der Waals surface area contributed by atoms with Gasteiger partial charge in [0.1, 0.15) is 0 Å². The molecular weight excluding hydrogens is 324 g/mol. The average molecular weight is 346 g/mol. The number of sulfonamides is 1. The molecule has 0 spiro atoms. The molecule has 0 radical (unpaired) electrons. The van der Waals surface area contributed by atoms with Crippen molar-refractivity contribution in [3.8, 4) is 0 Å². The van der Waals surface area contributed by atoms with Crippen LogP contribution in [0.3, 0.4) is 0 Å². The third-order valence-corrected chi connectivity index (χ3v) is 4.97. The summed E-state index contributed by atoms with van der Waals surface area (Å²) in [7, 11) is -3.55. The van der Waals surface area contributed by atoms with E-state index in [1.54, 1.807) is 13.8 Å². The lowest BCUT2D eigenvalue weighted by Gasteiger charge is -2.10. The number of benzene rings is 2. The van der Waals surface area contributed by atoms with Crippen LogP contribution in [0.15, 0.2) is 47.4 Å². The summed E-state index contributed by atoms with van der Waals surface area (Å²) in [6.07, 6.45) is 0. The van der Waals surface area contributed by atoms with Crippen molar-refractivity contribution in [3.63, 3.8) is 0 Å². The van der Waals surface area contributed by atoms with E-state index in [1.165, 1.54) is 24.3 Å². The molecule has 2 aromatic rings. The third kappa shape index (κ3) is 4.66. The molecule has 1 amide bonds. The van der Waals surface area contributed by atoms with Gasteiger partial charge >= 0.3 is 0 Å². The van der Waals surface area contributed by atoms with Gasteiger partial charge in [0.2, 0.25) is 10.0 Å². The molecule has 0 fully saturated rings. The Labute approximate surface area is 143 Å². The predicted octanol–water partition coefficient (Wildman–Crippen LogP) is 3.24. The Hall–Kier alpha value is -2.18. The maximum atomic E-state index is 12.3. The smallest absolute Gasteiger partial charge is 0.255 e. The summed E-state index contributed by atoms with van der Waals surface area (Å²) in [5, 5.41) is 2.83. The Balaban J connectivity index is 2.17. The van der Waals surface area contributed by atoms with E-state index in [0.717, 1.165) is 16.8 Å². The van der Waals surface area contributed by atoms with Crippen molar-refractivity contribution in [2.75, 3.05) is 5.32 Å². The standard InChI is InChI=1S/C18H22N2O3S/c1-12(2)20-24(22,23)17-7-5-15(6-8-17)18(21)19-16-10-13(3)9-14(4)11-16/h5-12,20H,1-4H3,(H,19,21). The Kier molecular flexibility index (Phi) is 5.41. The van der Waals surface area contributed by atoms with Gasteiger partial charge in [-0.25, -0.2) is 13.1 Å². The Morgan fingerprint density at radius 2 is 1.50 bits per heavy atom. The molecule has 0 aliphatic rings. The molecule has 2 aromatic carbocycles. The van der Waals surface area contributed by atoms with E-state index in [9.17, 15) is 13.2 Å². The van der Waals surface area contributed by atoms with Gasteiger partial charge in [0.15, 0.2) is 0 Å². The molecule has 24 heavy (non-hydrogen) atoms. The number of nitrogens with one attached hydrogen (secondary N) is 2. The van der Waals surface area contributed by atoms with E-state index in [2.05, 4.69) is 10.0 Å². The highest BCUT2D eigenvalue weighted by molar-refractivity contribution is 7.89. The zero-order chi connectivity index (χ0) is 17.9. The second-order valence-electron chi connectivity index (χ2n) is 6.13. The van der Waals surface area contributed by atoms with Gasteiger partial charge < -0.3 is 5.32 Å². The Bertz CT molecular complexity index is 821. The average Bonchev–Trinajstić information content (AvgIpc) is 2.45. The maximum absolute atomic E-state index is 12.3. The van der Waals surface area contributed by atoms with Crippen LogP contribution in [0.25, 0.3) is 0 Å². The van der Waals surface area contributed by atoms with Crippen molar-refractivity contribution in [1.82, 2.24) is 4.72 Å². The molecule has 0 atom stereocenters. The van der Waals surface area contributed by atoms with E-state index in [1.807, 2.05) is 32.0 Å². The van der Waals surface area contributed by atoms with E-state index in [-0.39, 0.29) is 16.8 Å². The van der Waals surface area contributed by atoms with Crippen molar-refractivity contribution in [2.45, 2.75) is 38.6 Å². The molecule has 2 N–H and O–H groups in total. The molecule has 0 unspecified atom stereocenters. The van der Waals surface area contributed by atoms with Crippen LogP contribution >= 0.6 is 0 Å². The molecule has 128 valence electrons. The highest BCUT2D eigenvalue weighted by Gasteiger charge is 2.16. The van der Waals surface area contributed by atoms with E-state index in [4.69, 9.17) is 0 Å². The number of hydrogen-bond acceptors (Lipinski definition) is 3. The number of hydrogen-bond donors (Lipinski definition) is 2. The highest BCUT2D eigenvalue weighted by Crippen LogP contribution is 2.16. The zero-order valence-electron chi connectivity index (χ0n) is 14.3. The van der Waals surface area contributed by atoms with E-state index in [0.29, 0.717) is 5.56 Å². The van der Waals surface area contributed by atoms with E-state index < -0.39 is 10.0 Å². The van der Waals surface area contributed by atoms with Crippen molar-refractivity contribution in [3.05, 3.63) is 59.2 Å². The van der Waals surface area contributed by atoms with Gasteiger partial charge in [-0.3, -0.25) is 4.79 Å². The SMILES string of the molecule is Cc1cc(C)cc(NC(=O)c2ccc(S(=O)(=O)NC(C)C)cc2)c1. The minimum atomic E-state index is -3.55. The van der Waals surface area contributed by atoms with Gasteiger partial charge in [-0.15, -0.1) is 0 Å². The van der Waals surface area contributed by atoms with Gasteiger partial charge in [-0.2, -0.15) is 0 Å². The largest absolute Gasteiger partial charge is 0.322 e. The quantitative estimate of drug-likeness (QED) is 0.873. The number of aryl methyl sites for hydroxylation is 2. The zero-order valence-corrected chi connectivity index (χ0v) is 15.1. The minimum absolute atomic E-state index is 0.138. The lowest BCUT2D eigenvalue weighted by atomic mass is 10.1. The number of rotatable bonds is 5. The van der Waals surface area contributed by atoms with Gasteiger partial charge in [0.05, 0.1) is 4.90 Å².